The van der Waals surface area contributed by atoms with Gasteiger partial charge in [-0.05, 0) is 27.7 Å². The molecule has 0 amide bonds. The number of benzene rings is 2. The summed E-state index contributed by atoms with van der Waals surface area (Å²) in [6, 6.07) is 17.1. The van der Waals surface area contributed by atoms with Crippen LogP contribution < -0.4 is 0 Å². The second kappa shape index (κ2) is 8.09. The summed E-state index contributed by atoms with van der Waals surface area (Å²) in [7, 11) is 0. The van der Waals surface area contributed by atoms with Crippen molar-refractivity contribution < 1.29 is 13.2 Å². The number of rotatable bonds is 6. The maximum absolute atomic E-state index is 13.0. The molecule has 0 spiro atoms. The van der Waals surface area contributed by atoms with E-state index < -0.39 is 12.7 Å². The third-order valence-electron chi connectivity index (χ3n) is 4.23. The van der Waals surface area contributed by atoms with Crippen molar-refractivity contribution in [2.24, 2.45) is 0 Å². The summed E-state index contributed by atoms with van der Waals surface area (Å²) < 4.78 is 39.0. The predicted octanol–water partition coefficient (Wildman–Crippen LogP) is 6.06. The Bertz CT molecular complexity index is 710. The summed E-state index contributed by atoms with van der Waals surface area (Å²) in [5, 5.41) is 0. The van der Waals surface area contributed by atoms with Gasteiger partial charge in [-0.15, -0.1) is 0 Å². The highest BCUT2D eigenvalue weighted by atomic mass is 19.4. The average Bonchev–Trinajstić information content (AvgIpc) is 2.53. The van der Waals surface area contributed by atoms with Gasteiger partial charge >= 0.3 is 6.18 Å². The maximum Gasteiger partial charge on any atom is 0.401 e. The molecule has 0 aromatic heterocycles. The van der Waals surface area contributed by atoms with E-state index in [0.29, 0.717) is 5.57 Å². The van der Waals surface area contributed by atoms with Gasteiger partial charge in [0.15, 0.2) is 0 Å². The molecular weight excluding hydrogens is 335 g/mol. The van der Waals surface area contributed by atoms with E-state index in [1.807, 2.05) is 54.6 Å². The van der Waals surface area contributed by atoms with Crippen LogP contribution in [-0.2, 0) is 12.0 Å². The van der Waals surface area contributed by atoms with Gasteiger partial charge in [0.05, 0.1) is 6.54 Å². The molecule has 0 saturated heterocycles. The highest BCUT2D eigenvalue weighted by Gasteiger charge is 2.31. The summed E-state index contributed by atoms with van der Waals surface area (Å²) in [5.74, 6) is 0. The van der Waals surface area contributed by atoms with Crippen molar-refractivity contribution in [2.75, 3.05) is 13.1 Å². The molecule has 0 unspecified atom stereocenters. The standard InChI is InChI=1S/C22H26F3N/c1-17(19-8-6-5-7-9-19)14-26(16-22(23,24)25)15-18-10-12-20(13-11-18)21(2,3)4/h5-13H,1,14-16H2,2-4H3. The molecule has 0 N–H and O–H groups in total. The Morgan fingerprint density at radius 2 is 1.50 bits per heavy atom. The van der Waals surface area contributed by atoms with Crippen LogP contribution in [0.15, 0.2) is 61.2 Å². The van der Waals surface area contributed by atoms with Gasteiger partial charge in [-0.2, -0.15) is 13.2 Å². The topological polar surface area (TPSA) is 3.24 Å². The lowest BCUT2D eigenvalue weighted by atomic mass is 9.87. The van der Waals surface area contributed by atoms with Crippen molar-refractivity contribution in [1.82, 2.24) is 4.90 Å². The Hall–Kier alpha value is -2.07. The van der Waals surface area contributed by atoms with Crippen LogP contribution in [0.4, 0.5) is 13.2 Å². The number of hydrogen-bond acceptors (Lipinski definition) is 1. The average molecular weight is 361 g/mol. The summed E-state index contributed by atoms with van der Waals surface area (Å²) >= 11 is 0. The molecular formula is C22H26F3N. The molecule has 0 aliphatic carbocycles. The highest BCUT2D eigenvalue weighted by Crippen LogP contribution is 2.24. The Kier molecular flexibility index (Phi) is 6.30. The molecule has 2 aromatic rings. The maximum atomic E-state index is 13.0. The molecule has 0 saturated carbocycles. The Balaban J connectivity index is 2.13. The van der Waals surface area contributed by atoms with Crippen LogP contribution in [0.25, 0.3) is 5.57 Å². The largest absolute Gasteiger partial charge is 0.401 e. The van der Waals surface area contributed by atoms with E-state index in [1.165, 1.54) is 4.90 Å². The van der Waals surface area contributed by atoms with E-state index in [2.05, 4.69) is 27.4 Å². The molecule has 0 fully saturated rings. The van der Waals surface area contributed by atoms with Crippen LogP contribution in [-0.4, -0.2) is 24.2 Å². The quantitative estimate of drug-likeness (QED) is 0.604. The molecule has 0 bridgehead atoms. The molecule has 1 nitrogen and oxygen atoms in total. The Morgan fingerprint density at radius 1 is 0.923 bits per heavy atom. The van der Waals surface area contributed by atoms with Crippen LogP contribution in [0.1, 0.15) is 37.5 Å². The first-order valence-electron chi connectivity index (χ1n) is 8.66. The lowest BCUT2D eigenvalue weighted by molar-refractivity contribution is -0.145. The van der Waals surface area contributed by atoms with Crippen LogP contribution >= 0.6 is 0 Å². The lowest BCUT2D eigenvalue weighted by Gasteiger charge is -2.25. The zero-order valence-electron chi connectivity index (χ0n) is 15.6. The molecule has 2 aromatic carbocycles. The molecule has 0 aliphatic heterocycles. The second-order valence-corrected chi connectivity index (χ2v) is 7.68. The fourth-order valence-corrected chi connectivity index (χ4v) is 2.82. The van der Waals surface area contributed by atoms with E-state index in [9.17, 15) is 13.2 Å². The van der Waals surface area contributed by atoms with Crippen molar-refractivity contribution in [1.29, 1.82) is 0 Å². The first kappa shape index (κ1) is 20.2. The van der Waals surface area contributed by atoms with Crippen LogP contribution in [0, 0.1) is 0 Å². The number of nitrogens with zero attached hydrogens (tertiary/aromatic N) is 1. The molecule has 0 aliphatic rings. The molecule has 0 heterocycles. The van der Waals surface area contributed by atoms with E-state index in [1.54, 1.807) is 0 Å². The minimum absolute atomic E-state index is 0.0196. The highest BCUT2D eigenvalue weighted by molar-refractivity contribution is 5.64. The summed E-state index contributed by atoms with van der Waals surface area (Å²) in [5.41, 5.74) is 3.59. The van der Waals surface area contributed by atoms with Gasteiger partial charge in [-0.1, -0.05) is 81.9 Å². The first-order valence-corrected chi connectivity index (χ1v) is 8.66. The smallest absolute Gasteiger partial charge is 0.286 e. The number of alkyl halides is 3. The summed E-state index contributed by atoms with van der Waals surface area (Å²) in [4.78, 5) is 1.39. The molecule has 26 heavy (non-hydrogen) atoms. The normalized spacial score (nSPS) is 12.4. The second-order valence-electron chi connectivity index (χ2n) is 7.68. The fourth-order valence-electron chi connectivity index (χ4n) is 2.82. The third kappa shape index (κ3) is 6.34. The summed E-state index contributed by atoms with van der Waals surface area (Å²) in [6.07, 6.45) is -4.25. The van der Waals surface area contributed by atoms with Crippen molar-refractivity contribution in [3.05, 3.63) is 77.9 Å². The van der Waals surface area contributed by atoms with E-state index in [0.717, 1.165) is 16.7 Å². The zero-order chi connectivity index (χ0) is 19.4. The fraction of sp³-hybridized carbons (Fsp3) is 0.364. The van der Waals surface area contributed by atoms with Gasteiger partial charge in [-0.25, -0.2) is 0 Å². The Labute approximate surface area is 154 Å². The molecule has 0 atom stereocenters. The van der Waals surface area contributed by atoms with Crippen LogP contribution in [0.2, 0.25) is 0 Å². The van der Waals surface area contributed by atoms with E-state index in [-0.39, 0.29) is 18.5 Å². The first-order chi connectivity index (χ1) is 12.0. The molecule has 0 radical (unpaired) electrons. The van der Waals surface area contributed by atoms with Gasteiger partial charge in [-0.3, -0.25) is 4.90 Å². The molecule has 140 valence electrons. The van der Waals surface area contributed by atoms with Crippen molar-refractivity contribution in [3.63, 3.8) is 0 Å². The number of hydrogen-bond donors (Lipinski definition) is 0. The van der Waals surface area contributed by atoms with Crippen molar-refractivity contribution in [3.8, 4) is 0 Å². The van der Waals surface area contributed by atoms with Crippen LogP contribution in [0.5, 0.6) is 0 Å². The van der Waals surface area contributed by atoms with Crippen molar-refractivity contribution in [2.45, 2.75) is 38.9 Å². The summed E-state index contributed by atoms with van der Waals surface area (Å²) in [6.45, 7) is 9.76. The minimum Gasteiger partial charge on any atom is -0.286 e. The number of halogens is 3. The monoisotopic (exact) mass is 361 g/mol. The predicted molar refractivity (Wildman–Crippen MR) is 102 cm³/mol. The zero-order valence-corrected chi connectivity index (χ0v) is 15.6. The van der Waals surface area contributed by atoms with E-state index >= 15 is 0 Å². The molecule has 4 heteroatoms. The van der Waals surface area contributed by atoms with Gasteiger partial charge < -0.3 is 0 Å². The van der Waals surface area contributed by atoms with Crippen LogP contribution in [0.3, 0.4) is 0 Å². The third-order valence-corrected chi connectivity index (χ3v) is 4.23. The van der Waals surface area contributed by atoms with Gasteiger partial charge in [0.2, 0.25) is 0 Å². The lowest BCUT2D eigenvalue weighted by Crippen LogP contribution is -2.34. The minimum atomic E-state index is -4.25. The SMILES string of the molecule is C=C(CN(Cc1ccc(C(C)(C)C)cc1)CC(F)(F)F)c1ccccc1. The van der Waals surface area contributed by atoms with Gasteiger partial charge in [0, 0.05) is 13.1 Å². The van der Waals surface area contributed by atoms with E-state index in [4.69, 9.17) is 0 Å². The van der Waals surface area contributed by atoms with Crippen molar-refractivity contribution >= 4 is 5.57 Å². The van der Waals surface area contributed by atoms with Gasteiger partial charge in [0.1, 0.15) is 0 Å². The Morgan fingerprint density at radius 3 is 2.00 bits per heavy atom. The molecule has 2 rings (SSSR count). The van der Waals surface area contributed by atoms with Gasteiger partial charge in [0.25, 0.3) is 0 Å².